The van der Waals surface area contributed by atoms with Gasteiger partial charge in [0.1, 0.15) is 6.10 Å². The fourth-order valence-corrected chi connectivity index (χ4v) is 2.28. The van der Waals surface area contributed by atoms with Gasteiger partial charge in [0, 0.05) is 30.1 Å². The average Bonchev–Trinajstić information content (AvgIpc) is 2.46. The number of halogens is 1. The van der Waals surface area contributed by atoms with Crippen molar-refractivity contribution in [1.82, 2.24) is 10.6 Å². The van der Waals surface area contributed by atoms with Crippen LogP contribution in [0.4, 0.5) is 0 Å². The Morgan fingerprint density at radius 2 is 2.15 bits per heavy atom. The lowest BCUT2D eigenvalue weighted by Crippen LogP contribution is -2.49. The zero-order valence-corrected chi connectivity index (χ0v) is 12.7. The van der Waals surface area contributed by atoms with Crippen molar-refractivity contribution >= 4 is 17.5 Å². The van der Waals surface area contributed by atoms with Crippen LogP contribution in [-0.4, -0.2) is 38.3 Å². The number of morpholine rings is 1. The molecule has 110 valence electrons. The Hall–Kier alpha value is -1.10. The van der Waals surface area contributed by atoms with Crippen LogP contribution < -0.4 is 10.6 Å². The number of hydrogen-bond acceptors (Lipinski definition) is 3. The Kier molecular flexibility index (Phi) is 5.02. The van der Waals surface area contributed by atoms with Crippen molar-refractivity contribution in [3.05, 3.63) is 34.9 Å². The summed E-state index contributed by atoms with van der Waals surface area (Å²) < 4.78 is 5.43. The maximum atomic E-state index is 12.0. The van der Waals surface area contributed by atoms with Crippen LogP contribution >= 0.6 is 11.6 Å². The van der Waals surface area contributed by atoms with E-state index in [0.717, 1.165) is 17.1 Å². The summed E-state index contributed by atoms with van der Waals surface area (Å²) in [5.74, 6) is -0.0563. The smallest absolute Gasteiger partial charge is 0.250 e. The molecule has 1 aliphatic rings. The van der Waals surface area contributed by atoms with Crippen LogP contribution in [-0.2, 0) is 14.9 Å². The summed E-state index contributed by atoms with van der Waals surface area (Å²) in [5, 5.41) is 6.84. The summed E-state index contributed by atoms with van der Waals surface area (Å²) in [6, 6.07) is 7.73. The lowest BCUT2D eigenvalue weighted by molar-refractivity contribution is -0.134. The molecule has 1 amide bonds. The van der Waals surface area contributed by atoms with Crippen LogP contribution in [0.15, 0.2) is 24.3 Å². The van der Waals surface area contributed by atoms with Crippen molar-refractivity contribution in [2.24, 2.45) is 0 Å². The van der Waals surface area contributed by atoms with E-state index in [0.29, 0.717) is 19.7 Å². The van der Waals surface area contributed by atoms with E-state index in [-0.39, 0.29) is 17.4 Å². The predicted molar refractivity (Wildman–Crippen MR) is 80.1 cm³/mol. The van der Waals surface area contributed by atoms with E-state index in [1.807, 2.05) is 24.3 Å². The first-order chi connectivity index (χ1) is 9.49. The Morgan fingerprint density at radius 1 is 1.45 bits per heavy atom. The number of rotatable bonds is 4. The summed E-state index contributed by atoms with van der Waals surface area (Å²) >= 11 is 5.90. The molecule has 1 heterocycles. The third-order valence-corrected chi connectivity index (χ3v) is 3.80. The first kappa shape index (κ1) is 15.3. The summed E-state index contributed by atoms with van der Waals surface area (Å²) in [5.41, 5.74) is 0.993. The molecule has 0 bridgehead atoms. The van der Waals surface area contributed by atoms with Crippen molar-refractivity contribution in [3.8, 4) is 0 Å². The molecule has 1 fully saturated rings. The van der Waals surface area contributed by atoms with Crippen LogP contribution in [0.5, 0.6) is 0 Å². The molecule has 0 aliphatic carbocycles. The number of benzene rings is 1. The third-order valence-electron chi connectivity index (χ3n) is 3.55. The van der Waals surface area contributed by atoms with E-state index in [4.69, 9.17) is 16.3 Å². The molecule has 20 heavy (non-hydrogen) atoms. The normalized spacial score (nSPS) is 19.6. The second-order valence-electron chi connectivity index (χ2n) is 5.67. The molecule has 1 aliphatic heterocycles. The molecule has 2 rings (SSSR count). The second kappa shape index (κ2) is 6.57. The van der Waals surface area contributed by atoms with Gasteiger partial charge in [-0.05, 0) is 17.7 Å². The van der Waals surface area contributed by atoms with Gasteiger partial charge < -0.3 is 15.4 Å². The molecule has 4 nitrogen and oxygen atoms in total. The monoisotopic (exact) mass is 296 g/mol. The highest BCUT2D eigenvalue weighted by atomic mass is 35.5. The summed E-state index contributed by atoms with van der Waals surface area (Å²) in [7, 11) is 0. The van der Waals surface area contributed by atoms with Crippen molar-refractivity contribution in [2.45, 2.75) is 25.4 Å². The summed E-state index contributed by atoms with van der Waals surface area (Å²) in [4.78, 5) is 12.0. The van der Waals surface area contributed by atoms with E-state index in [1.54, 1.807) is 0 Å². The highest BCUT2D eigenvalue weighted by Gasteiger charge is 2.25. The Morgan fingerprint density at radius 3 is 2.75 bits per heavy atom. The quantitative estimate of drug-likeness (QED) is 0.889. The van der Waals surface area contributed by atoms with Crippen molar-refractivity contribution in [1.29, 1.82) is 0 Å². The van der Waals surface area contributed by atoms with Crippen LogP contribution in [0, 0.1) is 0 Å². The van der Waals surface area contributed by atoms with E-state index in [9.17, 15) is 4.79 Å². The first-order valence-electron chi connectivity index (χ1n) is 6.85. The van der Waals surface area contributed by atoms with Gasteiger partial charge in [0.05, 0.1) is 6.61 Å². The van der Waals surface area contributed by atoms with Crippen LogP contribution in [0.3, 0.4) is 0 Å². The minimum absolute atomic E-state index is 0.0563. The summed E-state index contributed by atoms with van der Waals surface area (Å²) in [6.07, 6.45) is -0.384. The van der Waals surface area contributed by atoms with Crippen molar-refractivity contribution in [3.63, 3.8) is 0 Å². The Balaban J connectivity index is 1.91. The highest BCUT2D eigenvalue weighted by molar-refractivity contribution is 6.30. The van der Waals surface area contributed by atoms with Gasteiger partial charge in [-0.25, -0.2) is 0 Å². The molecule has 0 aromatic heterocycles. The topological polar surface area (TPSA) is 50.4 Å². The molecule has 0 radical (unpaired) electrons. The first-order valence-corrected chi connectivity index (χ1v) is 7.23. The minimum atomic E-state index is -0.384. The molecule has 1 aromatic rings. The lowest BCUT2D eigenvalue weighted by Gasteiger charge is -2.28. The van der Waals surface area contributed by atoms with E-state index >= 15 is 0 Å². The second-order valence-corrected chi connectivity index (χ2v) is 6.11. The fraction of sp³-hybridized carbons (Fsp3) is 0.533. The number of carbonyl (C=O) groups excluding carboxylic acids is 1. The number of hydrogen-bond donors (Lipinski definition) is 2. The SMILES string of the molecule is CC(C)(CNC(=O)C1CNCCO1)c1ccc(Cl)cc1. The van der Waals surface area contributed by atoms with Crippen molar-refractivity contribution in [2.75, 3.05) is 26.2 Å². The number of carbonyl (C=O) groups is 1. The number of ether oxygens (including phenoxy) is 1. The van der Waals surface area contributed by atoms with Crippen LogP contribution in [0.2, 0.25) is 5.02 Å². The molecule has 1 saturated heterocycles. The van der Waals surface area contributed by atoms with Gasteiger partial charge in [-0.15, -0.1) is 0 Å². The zero-order valence-electron chi connectivity index (χ0n) is 11.9. The summed E-state index contributed by atoms with van der Waals surface area (Å²) in [6.45, 7) is 6.71. The minimum Gasteiger partial charge on any atom is -0.366 e. The van der Waals surface area contributed by atoms with Crippen molar-refractivity contribution < 1.29 is 9.53 Å². The van der Waals surface area contributed by atoms with E-state index in [2.05, 4.69) is 24.5 Å². The predicted octanol–water partition coefficient (Wildman–Crippen LogP) is 1.72. The molecule has 1 aromatic carbocycles. The maximum absolute atomic E-state index is 12.0. The average molecular weight is 297 g/mol. The fourth-order valence-electron chi connectivity index (χ4n) is 2.16. The molecule has 5 heteroatoms. The highest BCUT2D eigenvalue weighted by Crippen LogP contribution is 2.23. The molecule has 0 saturated carbocycles. The van der Waals surface area contributed by atoms with E-state index < -0.39 is 0 Å². The molecular formula is C15H21ClN2O2. The molecule has 1 atom stereocenters. The lowest BCUT2D eigenvalue weighted by atomic mass is 9.84. The Labute approximate surface area is 124 Å². The van der Waals surface area contributed by atoms with Gasteiger partial charge in [0.15, 0.2) is 0 Å². The van der Waals surface area contributed by atoms with Crippen LogP contribution in [0.1, 0.15) is 19.4 Å². The molecule has 1 unspecified atom stereocenters. The van der Waals surface area contributed by atoms with Gasteiger partial charge in [-0.1, -0.05) is 37.6 Å². The molecular weight excluding hydrogens is 276 g/mol. The van der Waals surface area contributed by atoms with Gasteiger partial charge in [-0.2, -0.15) is 0 Å². The largest absolute Gasteiger partial charge is 0.366 e. The standard InChI is InChI=1S/C15H21ClN2O2/c1-15(2,11-3-5-12(16)6-4-11)10-18-14(19)13-9-17-7-8-20-13/h3-6,13,17H,7-10H2,1-2H3,(H,18,19). The maximum Gasteiger partial charge on any atom is 0.250 e. The molecule has 2 N–H and O–H groups in total. The van der Waals surface area contributed by atoms with Gasteiger partial charge in [-0.3, -0.25) is 4.79 Å². The molecule has 0 spiro atoms. The Bertz CT molecular complexity index is 453. The van der Waals surface area contributed by atoms with E-state index in [1.165, 1.54) is 0 Å². The van der Waals surface area contributed by atoms with Crippen LogP contribution in [0.25, 0.3) is 0 Å². The van der Waals surface area contributed by atoms with Gasteiger partial charge in [0.2, 0.25) is 5.91 Å². The third kappa shape index (κ3) is 3.95. The number of amides is 1. The van der Waals surface area contributed by atoms with Gasteiger partial charge >= 0.3 is 0 Å². The van der Waals surface area contributed by atoms with Gasteiger partial charge in [0.25, 0.3) is 0 Å². The zero-order chi connectivity index (χ0) is 14.6. The number of nitrogens with one attached hydrogen (secondary N) is 2.